The largest absolute Gasteiger partial charge is 0.314 e. The minimum Gasteiger partial charge on any atom is -0.314 e. The van der Waals surface area contributed by atoms with E-state index in [9.17, 15) is 0 Å². The molecule has 1 heterocycles. The maximum Gasteiger partial charge on any atom is 0.00953 e. The van der Waals surface area contributed by atoms with Crippen molar-refractivity contribution >= 4 is 0 Å². The zero-order valence-corrected chi connectivity index (χ0v) is 13.2. The second-order valence-electron chi connectivity index (χ2n) is 6.79. The van der Waals surface area contributed by atoms with Gasteiger partial charge < -0.3 is 10.2 Å². The minimum atomic E-state index is 0.702. The van der Waals surface area contributed by atoms with Gasteiger partial charge in [0.15, 0.2) is 0 Å². The van der Waals surface area contributed by atoms with E-state index in [-0.39, 0.29) is 0 Å². The molecule has 0 aromatic rings. The molecule has 0 radical (unpaired) electrons. The Bertz CT molecular complexity index is 233. The van der Waals surface area contributed by atoms with Crippen LogP contribution in [-0.2, 0) is 0 Å². The molecule has 0 bridgehead atoms. The molecule has 0 aromatic heterocycles. The van der Waals surface area contributed by atoms with Crippen LogP contribution in [0.2, 0.25) is 0 Å². The summed E-state index contributed by atoms with van der Waals surface area (Å²) in [7, 11) is 0. The number of nitrogens with one attached hydrogen (secondary N) is 1. The second-order valence-corrected chi connectivity index (χ2v) is 6.79. The third-order valence-electron chi connectivity index (χ3n) is 5.25. The van der Waals surface area contributed by atoms with Crippen molar-refractivity contribution in [1.82, 2.24) is 10.2 Å². The van der Waals surface area contributed by atoms with Gasteiger partial charge in [-0.25, -0.2) is 0 Å². The topological polar surface area (TPSA) is 15.3 Å². The summed E-state index contributed by atoms with van der Waals surface area (Å²) in [5.74, 6) is 0.878. The molecule has 0 aromatic carbocycles. The molecule has 1 N–H and O–H groups in total. The van der Waals surface area contributed by atoms with Gasteiger partial charge in [-0.1, -0.05) is 32.6 Å². The lowest BCUT2D eigenvalue weighted by Gasteiger charge is -2.40. The fourth-order valence-corrected chi connectivity index (χ4v) is 3.94. The van der Waals surface area contributed by atoms with Crippen molar-refractivity contribution < 1.29 is 0 Å². The Morgan fingerprint density at radius 1 is 1.05 bits per heavy atom. The fraction of sp³-hybridized carbons (Fsp3) is 1.00. The van der Waals surface area contributed by atoms with Crippen LogP contribution < -0.4 is 5.32 Å². The summed E-state index contributed by atoms with van der Waals surface area (Å²) in [6.07, 6.45) is 12.9. The molecule has 19 heavy (non-hydrogen) atoms. The Labute approximate surface area is 120 Å². The first-order valence-corrected chi connectivity index (χ1v) is 8.78. The third-order valence-corrected chi connectivity index (χ3v) is 5.25. The molecule has 112 valence electrons. The molecule has 0 amide bonds. The first-order valence-electron chi connectivity index (χ1n) is 8.78. The lowest BCUT2D eigenvalue weighted by Crippen LogP contribution is -2.48. The number of likely N-dealkylation sites (tertiary alicyclic amines) is 1. The molecule has 2 rings (SSSR count). The molecular weight excluding hydrogens is 232 g/mol. The van der Waals surface area contributed by atoms with Crippen molar-refractivity contribution in [1.29, 1.82) is 0 Å². The highest BCUT2D eigenvalue weighted by molar-refractivity contribution is 4.84. The van der Waals surface area contributed by atoms with E-state index in [0.717, 1.165) is 12.0 Å². The summed E-state index contributed by atoms with van der Waals surface area (Å²) in [4.78, 5) is 2.84. The zero-order valence-electron chi connectivity index (χ0n) is 13.2. The Morgan fingerprint density at radius 2 is 1.79 bits per heavy atom. The number of rotatable bonds is 5. The Morgan fingerprint density at radius 3 is 2.47 bits per heavy atom. The number of piperidine rings is 1. The number of hydrogen-bond donors (Lipinski definition) is 1. The molecule has 2 nitrogen and oxygen atoms in total. The van der Waals surface area contributed by atoms with Crippen molar-refractivity contribution in [3.05, 3.63) is 0 Å². The Hall–Kier alpha value is -0.0800. The van der Waals surface area contributed by atoms with E-state index in [4.69, 9.17) is 0 Å². The van der Waals surface area contributed by atoms with Gasteiger partial charge in [0.1, 0.15) is 0 Å². The van der Waals surface area contributed by atoms with Crippen molar-refractivity contribution in [2.75, 3.05) is 19.6 Å². The van der Waals surface area contributed by atoms with Gasteiger partial charge in [-0.3, -0.25) is 0 Å². The summed E-state index contributed by atoms with van der Waals surface area (Å²) in [5.41, 5.74) is 0. The highest BCUT2D eigenvalue weighted by Gasteiger charge is 2.28. The molecule has 1 aliphatic heterocycles. The van der Waals surface area contributed by atoms with E-state index >= 15 is 0 Å². The van der Waals surface area contributed by atoms with Crippen LogP contribution in [0.4, 0.5) is 0 Å². The van der Waals surface area contributed by atoms with Crippen LogP contribution in [-0.4, -0.2) is 36.6 Å². The predicted molar refractivity (Wildman–Crippen MR) is 83.5 cm³/mol. The molecule has 2 heteroatoms. The van der Waals surface area contributed by atoms with Crippen molar-refractivity contribution in [3.8, 4) is 0 Å². The van der Waals surface area contributed by atoms with Crippen LogP contribution in [0.5, 0.6) is 0 Å². The molecule has 0 spiro atoms. The summed E-state index contributed by atoms with van der Waals surface area (Å²) in [6.45, 7) is 8.56. The maximum absolute atomic E-state index is 3.71. The van der Waals surface area contributed by atoms with Gasteiger partial charge in [-0.15, -0.1) is 0 Å². The minimum absolute atomic E-state index is 0.702. The maximum atomic E-state index is 3.71. The average molecular weight is 266 g/mol. The molecule has 2 atom stereocenters. The molecule has 2 fully saturated rings. The second kappa shape index (κ2) is 8.26. The van der Waals surface area contributed by atoms with Crippen molar-refractivity contribution in [2.24, 2.45) is 5.92 Å². The molecule has 1 aliphatic carbocycles. The zero-order chi connectivity index (χ0) is 13.5. The summed E-state index contributed by atoms with van der Waals surface area (Å²) < 4.78 is 0. The van der Waals surface area contributed by atoms with E-state index in [0.29, 0.717) is 6.04 Å². The smallest absolute Gasteiger partial charge is 0.00953 e. The predicted octanol–water partition coefficient (Wildman–Crippen LogP) is 3.81. The van der Waals surface area contributed by atoms with E-state index in [1.807, 2.05) is 0 Å². The van der Waals surface area contributed by atoms with Gasteiger partial charge in [-0.2, -0.15) is 0 Å². The van der Waals surface area contributed by atoms with E-state index < -0.39 is 0 Å². The SMILES string of the molecule is CCCNC(C)C1CCCN(C2CCCCCC2)C1. The highest BCUT2D eigenvalue weighted by atomic mass is 15.2. The summed E-state index contributed by atoms with van der Waals surface area (Å²) in [6, 6.07) is 1.61. The van der Waals surface area contributed by atoms with Gasteiger partial charge in [0.2, 0.25) is 0 Å². The van der Waals surface area contributed by atoms with Crippen LogP contribution >= 0.6 is 0 Å². The van der Waals surface area contributed by atoms with Crippen LogP contribution in [0, 0.1) is 5.92 Å². The average Bonchev–Trinajstić information content (AvgIpc) is 2.74. The van der Waals surface area contributed by atoms with E-state index in [1.54, 1.807) is 0 Å². The van der Waals surface area contributed by atoms with Gasteiger partial charge in [0.05, 0.1) is 0 Å². The lowest BCUT2D eigenvalue weighted by molar-refractivity contribution is 0.0981. The van der Waals surface area contributed by atoms with Crippen LogP contribution in [0.1, 0.15) is 71.6 Å². The van der Waals surface area contributed by atoms with Crippen LogP contribution in [0.25, 0.3) is 0 Å². The first kappa shape index (κ1) is 15.3. The van der Waals surface area contributed by atoms with Crippen molar-refractivity contribution in [2.45, 2.75) is 83.7 Å². The number of hydrogen-bond acceptors (Lipinski definition) is 2. The van der Waals surface area contributed by atoms with Crippen LogP contribution in [0.15, 0.2) is 0 Å². The standard InChI is InChI=1S/C17H34N2/c1-3-12-18-15(2)16-9-8-13-19(14-16)17-10-6-4-5-7-11-17/h15-18H,3-14H2,1-2H3. The quantitative estimate of drug-likeness (QED) is 0.761. The van der Waals surface area contributed by atoms with Crippen molar-refractivity contribution in [3.63, 3.8) is 0 Å². The molecule has 1 saturated carbocycles. The summed E-state index contributed by atoms with van der Waals surface area (Å²) >= 11 is 0. The van der Waals surface area contributed by atoms with Gasteiger partial charge in [-0.05, 0) is 58.0 Å². The highest BCUT2D eigenvalue weighted by Crippen LogP contribution is 2.27. The first-order chi connectivity index (χ1) is 9.31. The van der Waals surface area contributed by atoms with Gasteiger partial charge in [0.25, 0.3) is 0 Å². The number of nitrogens with zero attached hydrogens (tertiary/aromatic N) is 1. The third kappa shape index (κ3) is 4.75. The monoisotopic (exact) mass is 266 g/mol. The molecular formula is C17H34N2. The molecule has 2 aliphatic rings. The fourth-order valence-electron chi connectivity index (χ4n) is 3.94. The summed E-state index contributed by atoms with van der Waals surface area (Å²) in [5, 5.41) is 3.71. The normalized spacial score (nSPS) is 29.1. The van der Waals surface area contributed by atoms with Gasteiger partial charge >= 0.3 is 0 Å². The Balaban J connectivity index is 1.81. The van der Waals surface area contributed by atoms with E-state index in [2.05, 4.69) is 24.1 Å². The van der Waals surface area contributed by atoms with Gasteiger partial charge in [0, 0.05) is 18.6 Å². The Kier molecular flexibility index (Phi) is 6.66. The molecule has 1 saturated heterocycles. The van der Waals surface area contributed by atoms with E-state index in [1.165, 1.54) is 77.4 Å². The molecule has 2 unspecified atom stereocenters. The lowest BCUT2D eigenvalue weighted by atomic mass is 9.89. The van der Waals surface area contributed by atoms with Crippen LogP contribution in [0.3, 0.4) is 0 Å².